The van der Waals surface area contributed by atoms with E-state index < -0.39 is 0 Å². The van der Waals surface area contributed by atoms with Crippen LogP contribution < -0.4 is 29.6 Å². The van der Waals surface area contributed by atoms with E-state index in [0.717, 1.165) is 17.8 Å². The van der Waals surface area contributed by atoms with Crippen LogP contribution >= 0.6 is 0 Å². The van der Waals surface area contributed by atoms with E-state index in [1.165, 1.54) is 38.5 Å². The summed E-state index contributed by atoms with van der Waals surface area (Å²) in [5, 5.41) is 12.4. The van der Waals surface area contributed by atoms with Gasteiger partial charge >= 0.3 is 29.6 Å². The molecule has 4 fully saturated rings. The van der Waals surface area contributed by atoms with Crippen LogP contribution in [0.4, 0.5) is 0 Å². The van der Waals surface area contributed by atoms with E-state index in [9.17, 15) is 0 Å². The van der Waals surface area contributed by atoms with Gasteiger partial charge in [0.1, 0.15) is 0 Å². The van der Waals surface area contributed by atoms with E-state index in [1.807, 2.05) is 4.68 Å². The van der Waals surface area contributed by atoms with Gasteiger partial charge in [-0.05, 0) is 66.7 Å². The summed E-state index contributed by atoms with van der Waals surface area (Å²) in [4.78, 5) is 0. The maximum Gasteiger partial charge on any atom is 1.00 e. The third-order valence-electron chi connectivity index (χ3n) is 4.90. The minimum Gasteiger partial charge on any atom is -0.739 e. The van der Waals surface area contributed by atoms with Gasteiger partial charge in [0.05, 0.1) is 5.54 Å². The van der Waals surface area contributed by atoms with Gasteiger partial charge in [0.25, 0.3) is 0 Å². The molecule has 0 aromatic carbocycles. The van der Waals surface area contributed by atoms with Gasteiger partial charge in [-0.25, -0.2) is 4.68 Å². The number of tetrazole rings is 1. The van der Waals surface area contributed by atoms with E-state index in [2.05, 4.69) is 15.5 Å². The molecule has 4 nitrogen and oxygen atoms in total. The van der Waals surface area contributed by atoms with Crippen LogP contribution in [0.25, 0.3) is 0 Å². The molecule has 5 rings (SSSR count). The summed E-state index contributed by atoms with van der Waals surface area (Å²) in [6.45, 7) is 0. The smallest absolute Gasteiger partial charge is 0.739 e. The number of rotatable bonds is 1. The number of hydrogen-bond donors (Lipinski definition) is 0. The Bertz CT molecular complexity index is 398. The van der Waals surface area contributed by atoms with Crippen molar-refractivity contribution in [3.63, 3.8) is 0 Å². The normalized spacial score (nSPS) is 42.5. The monoisotopic (exact) mass is 258 g/mol. The Hall–Kier alpha value is 0.290. The van der Waals surface area contributed by atoms with Crippen LogP contribution in [0.3, 0.4) is 0 Å². The summed E-state index contributed by atoms with van der Waals surface area (Å²) in [7, 11) is 0. The molecule has 17 heavy (non-hydrogen) atoms. The fourth-order valence-electron chi connectivity index (χ4n) is 4.80. The molecule has 1 aromatic rings. The maximum atomic E-state index is 5.25. The van der Waals surface area contributed by atoms with Gasteiger partial charge in [0, 0.05) is 5.16 Å². The summed E-state index contributed by atoms with van der Waals surface area (Å²) in [5.41, 5.74) is 0.190. The fourth-order valence-corrected chi connectivity index (χ4v) is 5.07. The molecule has 0 unspecified atom stereocenters. The Morgan fingerprint density at radius 2 is 1.59 bits per heavy atom. The van der Waals surface area contributed by atoms with Crippen molar-refractivity contribution in [2.45, 2.75) is 49.2 Å². The Labute approximate surface area is 129 Å². The molecule has 4 aliphatic rings. The van der Waals surface area contributed by atoms with E-state index in [4.69, 9.17) is 12.6 Å². The first-order valence-electron chi connectivity index (χ1n) is 6.21. The van der Waals surface area contributed by atoms with Crippen molar-refractivity contribution in [2.75, 3.05) is 0 Å². The van der Waals surface area contributed by atoms with Gasteiger partial charge in [-0.2, -0.15) is 0 Å². The minimum atomic E-state index is 0. The molecule has 0 saturated heterocycles. The van der Waals surface area contributed by atoms with Crippen molar-refractivity contribution in [3.05, 3.63) is 0 Å². The Kier molecular flexibility index (Phi) is 3.01. The van der Waals surface area contributed by atoms with Crippen LogP contribution in [-0.2, 0) is 18.2 Å². The van der Waals surface area contributed by atoms with Crippen LogP contribution in [-0.4, -0.2) is 20.2 Å². The Balaban J connectivity index is 0.000000902. The molecule has 4 aliphatic carbocycles. The van der Waals surface area contributed by atoms with Crippen LogP contribution in [0.2, 0.25) is 0 Å². The quantitative estimate of drug-likeness (QED) is 0.455. The second-order valence-corrected chi connectivity index (χ2v) is 6.38. The van der Waals surface area contributed by atoms with Crippen molar-refractivity contribution < 1.29 is 29.6 Å². The summed E-state index contributed by atoms with van der Waals surface area (Å²) < 4.78 is 1.97. The van der Waals surface area contributed by atoms with Crippen molar-refractivity contribution in [3.8, 4) is 0 Å². The Morgan fingerprint density at radius 3 is 2.00 bits per heavy atom. The zero-order chi connectivity index (χ0) is 10.8. The molecule has 0 atom stereocenters. The SMILES string of the molecule is [Na+].[S-]c1nnnn1C12CC3CC(CC(C3)C1)C2. The number of nitrogens with zero attached hydrogens (tertiary/aromatic N) is 4. The second kappa shape index (κ2) is 4.15. The summed E-state index contributed by atoms with van der Waals surface area (Å²) in [6.07, 6.45) is 8.09. The van der Waals surface area contributed by atoms with Crippen LogP contribution in [0.1, 0.15) is 38.5 Å². The van der Waals surface area contributed by atoms with Crippen molar-refractivity contribution in [1.29, 1.82) is 0 Å². The third kappa shape index (κ3) is 1.78. The third-order valence-corrected chi connectivity index (χ3v) is 5.15. The molecule has 4 bridgehead atoms. The molecule has 0 spiro atoms. The first-order chi connectivity index (χ1) is 7.75. The molecule has 0 aliphatic heterocycles. The van der Waals surface area contributed by atoms with Crippen molar-refractivity contribution in [1.82, 2.24) is 20.2 Å². The van der Waals surface area contributed by atoms with Crippen molar-refractivity contribution in [2.24, 2.45) is 17.8 Å². The zero-order valence-electron chi connectivity index (χ0n) is 10.2. The van der Waals surface area contributed by atoms with Crippen LogP contribution in [0.5, 0.6) is 0 Å². The minimum absolute atomic E-state index is 0. The van der Waals surface area contributed by atoms with E-state index in [-0.39, 0.29) is 35.1 Å². The predicted molar refractivity (Wildman–Crippen MR) is 59.6 cm³/mol. The average Bonchev–Trinajstić information content (AvgIpc) is 2.62. The average molecular weight is 258 g/mol. The fraction of sp³-hybridized carbons (Fsp3) is 0.909. The van der Waals surface area contributed by atoms with Gasteiger partial charge in [0.15, 0.2) is 0 Å². The molecule has 86 valence electrons. The molecule has 0 N–H and O–H groups in total. The molecular weight excluding hydrogens is 243 g/mol. The van der Waals surface area contributed by atoms with Crippen molar-refractivity contribution >= 4 is 12.6 Å². The van der Waals surface area contributed by atoms with Crippen LogP contribution in [0.15, 0.2) is 5.16 Å². The molecule has 6 heteroatoms. The molecule has 1 heterocycles. The molecule has 4 saturated carbocycles. The maximum absolute atomic E-state index is 5.25. The zero-order valence-corrected chi connectivity index (χ0v) is 13.0. The summed E-state index contributed by atoms with van der Waals surface area (Å²) in [5.74, 6) is 2.72. The molecule has 0 amide bonds. The summed E-state index contributed by atoms with van der Waals surface area (Å²) >= 11 is 5.25. The summed E-state index contributed by atoms with van der Waals surface area (Å²) in [6, 6.07) is 0. The van der Waals surface area contributed by atoms with Gasteiger partial charge in [-0.15, -0.1) is 5.10 Å². The largest absolute Gasteiger partial charge is 1.00 e. The van der Waals surface area contributed by atoms with Crippen LogP contribution in [0, 0.1) is 17.8 Å². The topological polar surface area (TPSA) is 43.6 Å². The molecular formula is C11H15N4NaS. The molecule has 0 radical (unpaired) electrons. The first-order valence-corrected chi connectivity index (χ1v) is 6.62. The van der Waals surface area contributed by atoms with Gasteiger partial charge in [0.2, 0.25) is 0 Å². The van der Waals surface area contributed by atoms with E-state index >= 15 is 0 Å². The van der Waals surface area contributed by atoms with Gasteiger partial charge in [-0.1, -0.05) is 0 Å². The van der Waals surface area contributed by atoms with E-state index in [1.54, 1.807) is 0 Å². The van der Waals surface area contributed by atoms with Gasteiger partial charge in [-0.3, -0.25) is 0 Å². The number of hydrogen-bond acceptors (Lipinski definition) is 4. The van der Waals surface area contributed by atoms with E-state index in [0.29, 0.717) is 5.16 Å². The predicted octanol–water partition coefficient (Wildman–Crippen LogP) is -1.49. The Morgan fingerprint density at radius 1 is 1.06 bits per heavy atom. The standard InChI is InChI=1S/C11H16N4S.Na/c16-10-12-13-14-15(10)11-4-7-1-8(5-11)3-9(2-7)6-11;/h7-9H,1-6H2,(H,12,14,16);/q;+1/p-1. The molecule has 1 aromatic heterocycles. The second-order valence-electron chi connectivity index (χ2n) is 6.02. The first kappa shape index (κ1) is 12.3. The number of aromatic nitrogens is 4. The van der Waals surface area contributed by atoms with Gasteiger partial charge < -0.3 is 12.6 Å².